The minimum absolute atomic E-state index is 0.624. The minimum atomic E-state index is 0.624. The third kappa shape index (κ3) is 0.841. The maximum Gasteiger partial charge on any atom is 0.00688 e. The molecule has 2 saturated carbocycles. The molecule has 2 fully saturated rings. The van der Waals surface area contributed by atoms with Gasteiger partial charge in [-0.3, -0.25) is 0 Å². The fraction of sp³-hybridized carbons (Fsp3) is 0.833. The number of allylic oxidation sites excluding steroid dienone is 2. The van der Waals surface area contributed by atoms with E-state index in [-0.39, 0.29) is 0 Å². The second kappa shape index (κ2) is 2.16. The van der Waals surface area contributed by atoms with Crippen LogP contribution in [0.4, 0.5) is 0 Å². The molecular formula is C12H18. The van der Waals surface area contributed by atoms with Gasteiger partial charge < -0.3 is 0 Å². The average Bonchev–Trinajstić information content (AvgIpc) is 2.78. The van der Waals surface area contributed by atoms with Crippen molar-refractivity contribution in [3.8, 4) is 0 Å². The zero-order valence-electron chi connectivity index (χ0n) is 7.97. The highest BCUT2D eigenvalue weighted by atomic mass is 14.5. The van der Waals surface area contributed by atoms with Crippen LogP contribution in [0.15, 0.2) is 11.6 Å². The van der Waals surface area contributed by atoms with Gasteiger partial charge in [0.1, 0.15) is 0 Å². The molecule has 0 aromatic carbocycles. The Morgan fingerprint density at radius 3 is 3.00 bits per heavy atom. The maximum atomic E-state index is 2.56. The van der Waals surface area contributed by atoms with Gasteiger partial charge in [-0.25, -0.2) is 0 Å². The summed E-state index contributed by atoms with van der Waals surface area (Å²) in [6, 6.07) is 0. The molecule has 0 aromatic rings. The number of hydrogen-bond donors (Lipinski definition) is 0. The lowest BCUT2D eigenvalue weighted by molar-refractivity contribution is 0.201. The van der Waals surface area contributed by atoms with Crippen molar-refractivity contribution < 1.29 is 0 Å². The second-order valence-electron chi connectivity index (χ2n) is 5.21. The van der Waals surface area contributed by atoms with Gasteiger partial charge in [-0.05, 0) is 37.5 Å². The summed E-state index contributed by atoms with van der Waals surface area (Å²) < 4.78 is 0. The quantitative estimate of drug-likeness (QED) is 0.478. The zero-order chi connectivity index (χ0) is 8.18. The van der Waals surface area contributed by atoms with Crippen LogP contribution in [-0.4, -0.2) is 0 Å². The summed E-state index contributed by atoms with van der Waals surface area (Å²) in [5.74, 6) is 2.11. The lowest BCUT2D eigenvalue weighted by Gasteiger charge is -2.37. The molecule has 3 unspecified atom stereocenters. The Morgan fingerprint density at radius 2 is 2.08 bits per heavy atom. The van der Waals surface area contributed by atoms with Crippen LogP contribution >= 0.6 is 0 Å². The molecule has 0 bridgehead atoms. The van der Waals surface area contributed by atoms with Gasteiger partial charge in [0.05, 0.1) is 0 Å². The highest BCUT2D eigenvalue weighted by Gasteiger charge is 2.49. The molecule has 0 amide bonds. The standard InChI is InChI=1S/C12H18/c1-12-7-6-9-4-2-3-5-10(9)11(12)8-12/h8-10H,2-7H2,1H3. The zero-order valence-corrected chi connectivity index (χ0v) is 7.97. The van der Waals surface area contributed by atoms with Crippen LogP contribution < -0.4 is 0 Å². The molecular weight excluding hydrogens is 144 g/mol. The van der Waals surface area contributed by atoms with Crippen molar-refractivity contribution in [3.63, 3.8) is 0 Å². The van der Waals surface area contributed by atoms with Crippen molar-refractivity contribution in [1.29, 1.82) is 0 Å². The van der Waals surface area contributed by atoms with E-state index in [2.05, 4.69) is 13.0 Å². The average molecular weight is 162 g/mol. The number of fused-ring (bicyclic) bond motifs is 3. The van der Waals surface area contributed by atoms with Gasteiger partial charge in [0.2, 0.25) is 0 Å². The fourth-order valence-electron chi connectivity index (χ4n) is 3.50. The molecule has 66 valence electrons. The molecule has 0 N–H and O–H groups in total. The SMILES string of the molecule is CC12C=C1C1CCCCC1CC2. The summed E-state index contributed by atoms with van der Waals surface area (Å²) >= 11 is 0. The van der Waals surface area contributed by atoms with E-state index in [1.165, 1.54) is 38.5 Å². The van der Waals surface area contributed by atoms with E-state index in [0.717, 1.165) is 11.8 Å². The second-order valence-corrected chi connectivity index (χ2v) is 5.21. The largest absolute Gasteiger partial charge is 0.0742 e. The topological polar surface area (TPSA) is 0 Å². The Labute approximate surface area is 75.0 Å². The third-order valence-corrected chi connectivity index (χ3v) is 4.39. The lowest BCUT2D eigenvalue weighted by Crippen LogP contribution is -2.26. The van der Waals surface area contributed by atoms with Crippen molar-refractivity contribution in [2.75, 3.05) is 0 Å². The van der Waals surface area contributed by atoms with E-state index >= 15 is 0 Å². The van der Waals surface area contributed by atoms with Gasteiger partial charge in [0.15, 0.2) is 0 Å². The van der Waals surface area contributed by atoms with Crippen molar-refractivity contribution >= 4 is 0 Å². The Bertz CT molecular complexity index is 238. The van der Waals surface area contributed by atoms with Crippen molar-refractivity contribution in [2.45, 2.75) is 45.4 Å². The molecule has 3 rings (SSSR count). The van der Waals surface area contributed by atoms with E-state index in [4.69, 9.17) is 0 Å². The van der Waals surface area contributed by atoms with Crippen LogP contribution in [-0.2, 0) is 0 Å². The smallest absolute Gasteiger partial charge is 0.00688 e. The first-order valence-corrected chi connectivity index (χ1v) is 5.53. The van der Waals surface area contributed by atoms with E-state index in [0.29, 0.717) is 5.41 Å². The molecule has 12 heavy (non-hydrogen) atoms. The summed E-state index contributed by atoms with van der Waals surface area (Å²) in [6.45, 7) is 2.44. The van der Waals surface area contributed by atoms with Gasteiger partial charge >= 0.3 is 0 Å². The highest BCUT2D eigenvalue weighted by molar-refractivity contribution is 5.41. The lowest BCUT2D eigenvalue weighted by atomic mass is 9.68. The summed E-state index contributed by atoms with van der Waals surface area (Å²) in [4.78, 5) is 0. The molecule has 0 nitrogen and oxygen atoms in total. The van der Waals surface area contributed by atoms with Gasteiger partial charge in [-0.1, -0.05) is 31.4 Å². The predicted molar refractivity (Wildman–Crippen MR) is 50.9 cm³/mol. The molecule has 3 atom stereocenters. The monoisotopic (exact) mass is 162 g/mol. The van der Waals surface area contributed by atoms with E-state index in [1.54, 1.807) is 0 Å². The van der Waals surface area contributed by atoms with Crippen LogP contribution in [0.1, 0.15) is 45.4 Å². The molecule has 0 radical (unpaired) electrons. The molecule has 0 aliphatic heterocycles. The molecule has 3 aliphatic carbocycles. The molecule has 0 heterocycles. The molecule has 3 aliphatic rings. The van der Waals surface area contributed by atoms with Gasteiger partial charge in [0, 0.05) is 5.41 Å². The van der Waals surface area contributed by atoms with Crippen LogP contribution in [0.5, 0.6) is 0 Å². The Hall–Kier alpha value is -0.260. The van der Waals surface area contributed by atoms with Gasteiger partial charge in [-0.2, -0.15) is 0 Å². The Kier molecular flexibility index (Phi) is 1.29. The van der Waals surface area contributed by atoms with Crippen molar-refractivity contribution in [1.82, 2.24) is 0 Å². The van der Waals surface area contributed by atoms with Crippen LogP contribution in [0.25, 0.3) is 0 Å². The summed E-state index contributed by atoms with van der Waals surface area (Å²) in [6.07, 6.45) is 11.6. The minimum Gasteiger partial charge on any atom is -0.0742 e. The summed E-state index contributed by atoms with van der Waals surface area (Å²) in [5, 5.41) is 0. The van der Waals surface area contributed by atoms with Crippen molar-refractivity contribution in [2.24, 2.45) is 17.3 Å². The summed E-state index contributed by atoms with van der Waals surface area (Å²) in [5.41, 5.74) is 2.47. The van der Waals surface area contributed by atoms with Gasteiger partial charge in [-0.15, -0.1) is 0 Å². The fourth-order valence-corrected chi connectivity index (χ4v) is 3.50. The van der Waals surface area contributed by atoms with E-state index < -0.39 is 0 Å². The Balaban J connectivity index is 1.82. The van der Waals surface area contributed by atoms with Gasteiger partial charge in [0.25, 0.3) is 0 Å². The van der Waals surface area contributed by atoms with Crippen LogP contribution in [0.2, 0.25) is 0 Å². The maximum absolute atomic E-state index is 2.56. The van der Waals surface area contributed by atoms with Crippen LogP contribution in [0.3, 0.4) is 0 Å². The number of hydrogen-bond acceptors (Lipinski definition) is 0. The molecule has 0 saturated heterocycles. The first-order chi connectivity index (χ1) is 5.80. The highest BCUT2D eigenvalue weighted by Crippen LogP contribution is 2.61. The molecule has 0 heteroatoms. The van der Waals surface area contributed by atoms with E-state index in [9.17, 15) is 0 Å². The predicted octanol–water partition coefficient (Wildman–Crippen LogP) is 3.53. The third-order valence-electron chi connectivity index (χ3n) is 4.39. The van der Waals surface area contributed by atoms with Crippen LogP contribution in [0, 0.1) is 17.3 Å². The normalized spacial score (nSPS) is 50.6. The summed E-state index contributed by atoms with van der Waals surface area (Å²) in [7, 11) is 0. The number of rotatable bonds is 0. The first-order valence-electron chi connectivity index (χ1n) is 5.53. The van der Waals surface area contributed by atoms with Crippen molar-refractivity contribution in [3.05, 3.63) is 11.6 Å². The molecule has 0 spiro atoms. The molecule has 0 aromatic heterocycles. The Morgan fingerprint density at radius 1 is 1.25 bits per heavy atom. The van der Waals surface area contributed by atoms with E-state index in [1.807, 2.05) is 5.57 Å². The first kappa shape index (κ1) is 7.17.